The van der Waals surface area contributed by atoms with Crippen LogP contribution in [0.3, 0.4) is 0 Å². The van der Waals surface area contributed by atoms with Crippen molar-refractivity contribution in [3.8, 4) is 11.8 Å². The fourth-order valence-electron chi connectivity index (χ4n) is 2.24. The van der Waals surface area contributed by atoms with Gasteiger partial charge in [0.15, 0.2) is 0 Å². The summed E-state index contributed by atoms with van der Waals surface area (Å²) in [6.07, 6.45) is 3.43. The largest absolute Gasteiger partial charge is 0.368 e. The van der Waals surface area contributed by atoms with Gasteiger partial charge < -0.3 is 5.32 Å². The number of fused-ring (bicyclic) bond motifs is 1. The van der Waals surface area contributed by atoms with E-state index >= 15 is 0 Å². The first-order valence-corrected chi connectivity index (χ1v) is 7.49. The lowest BCUT2D eigenvalue weighted by molar-refractivity contribution is 0.886. The molecule has 0 aliphatic rings. The van der Waals surface area contributed by atoms with E-state index in [-0.39, 0.29) is 5.92 Å². The molecule has 1 N–H and O–H groups in total. The van der Waals surface area contributed by atoms with E-state index in [9.17, 15) is 0 Å². The zero-order chi connectivity index (χ0) is 15.9. The molecular formula is C20H17N3. The van der Waals surface area contributed by atoms with E-state index in [1.807, 2.05) is 60.7 Å². The monoisotopic (exact) mass is 299 g/mol. The topological polar surface area (TPSA) is 37.8 Å². The molecule has 112 valence electrons. The van der Waals surface area contributed by atoms with E-state index in [1.54, 1.807) is 6.33 Å². The number of hydrogen-bond acceptors (Lipinski definition) is 3. The summed E-state index contributed by atoms with van der Waals surface area (Å²) in [6.45, 7) is 4.53. The molecule has 0 amide bonds. The highest BCUT2D eigenvalue weighted by Crippen LogP contribution is 2.18. The van der Waals surface area contributed by atoms with Crippen LogP contribution in [0.4, 0.5) is 5.82 Å². The van der Waals surface area contributed by atoms with Gasteiger partial charge in [-0.3, -0.25) is 0 Å². The first-order valence-electron chi connectivity index (χ1n) is 7.49. The van der Waals surface area contributed by atoms with Gasteiger partial charge in [0.2, 0.25) is 0 Å². The molecule has 0 radical (unpaired) electrons. The van der Waals surface area contributed by atoms with Crippen molar-refractivity contribution in [2.24, 2.45) is 5.92 Å². The van der Waals surface area contributed by atoms with Gasteiger partial charge in [-0.2, -0.15) is 0 Å². The van der Waals surface area contributed by atoms with Crippen molar-refractivity contribution < 1.29 is 0 Å². The second kappa shape index (κ2) is 7.24. The zero-order valence-electron chi connectivity index (χ0n) is 12.7. The lowest BCUT2D eigenvalue weighted by atomic mass is 10.1. The molecule has 0 saturated heterocycles. The maximum absolute atomic E-state index is 4.33. The van der Waals surface area contributed by atoms with Crippen LogP contribution in [-0.2, 0) is 0 Å². The molecule has 0 fully saturated rings. The third-order valence-corrected chi connectivity index (χ3v) is 3.49. The second-order valence-electron chi connectivity index (χ2n) is 5.10. The molecule has 3 nitrogen and oxygen atoms in total. The van der Waals surface area contributed by atoms with Gasteiger partial charge in [0.05, 0.1) is 11.4 Å². The Kier molecular flexibility index (Phi) is 4.66. The standard InChI is InChI=1S/C20H17N3/c1-2-16(12-13-17-8-4-3-5-9-17)14-21-20-18-10-6-7-11-19(18)22-15-23-20/h2-11,15-16H,1,14H2,(H,21,22,23). The van der Waals surface area contributed by atoms with Crippen LogP contribution in [0.25, 0.3) is 10.9 Å². The predicted molar refractivity (Wildman–Crippen MR) is 95.0 cm³/mol. The van der Waals surface area contributed by atoms with E-state index in [2.05, 4.69) is 33.7 Å². The minimum absolute atomic E-state index is 0.0453. The van der Waals surface area contributed by atoms with Crippen molar-refractivity contribution in [2.45, 2.75) is 0 Å². The number of hydrogen-bond donors (Lipinski definition) is 1. The quantitative estimate of drug-likeness (QED) is 0.586. The Labute approximate surface area is 136 Å². The smallest absolute Gasteiger partial charge is 0.137 e. The molecule has 2 aromatic carbocycles. The molecule has 3 aromatic rings. The molecule has 1 unspecified atom stereocenters. The number of aromatic nitrogens is 2. The molecule has 0 spiro atoms. The highest BCUT2D eigenvalue weighted by Gasteiger charge is 2.04. The van der Waals surface area contributed by atoms with E-state index < -0.39 is 0 Å². The SMILES string of the molecule is C=CC(C#Cc1ccccc1)CNc1ncnc2ccccc12. The molecule has 3 rings (SSSR count). The third-order valence-electron chi connectivity index (χ3n) is 3.49. The van der Waals surface area contributed by atoms with Gasteiger partial charge in [-0.05, 0) is 24.3 Å². The van der Waals surface area contributed by atoms with E-state index in [4.69, 9.17) is 0 Å². The van der Waals surface area contributed by atoms with Gasteiger partial charge in [-0.15, -0.1) is 6.58 Å². The number of nitrogens with zero attached hydrogens (tertiary/aromatic N) is 2. The van der Waals surface area contributed by atoms with Crippen molar-refractivity contribution in [3.63, 3.8) is 0 Å². The molecule has 1 aromatic heterocycles. The van der Waals surface area contributed by atoms with Crippen molar-refractivity contribution in [1.29, 1.82) is 0 Å². The van der Waals surface area contributed by atoms with Gasteiger partial charge in [-0.1, -0.05) is 48.2 Å². The van der Waals surface area contributed by atoms with Crippen molar-refractivity contribution >= 4 is 16.7 Å². The Morgan fingerprint density at radius 1 is 1.04 bits per heavy atom. The number of benzene rings is 2. The Bertz CT molecular complexity index is 855. The highest BCUT2D eigenvalue weighted by atomic mass is 15.0. The molecule has 1 atom stereocenters. The molecule has 0 aliphatic heterocycles. The number of anilines is 1. The minimum atomic E-state index is 0.0453. The molecule has 1 heterocycles. The summed E-state index contributed by atoms with van der Waals surface area (Å²) in [4.78, 5) is 8.59. The van der Waals surface area contributed by atoms with E-state index in [1.165, 1.54) is 0 Å². The summed E-state index contributed by atoms with van der Waals surface area (Å²) in [5.41, 5.74) is 1.93. The minimum Gasteiger partial charge on any atom is -0.368 e. The first kappa shape index (κ1) is 14.8. The van der Waals surface area contributed by atoms with Crippen molar-refractivity contribution in [1.82, 2.24) is 9.97 Å². The van der Waals surface area contributed by atoms with Crippen LogP contribution in [0.1, 0.15) is 5.56 Å². The molecule has 0 bridgehead atoms. The van der Waals surface area contributed by atoms with E-state index in [0.29, 0.717) is 6.54 Å². The van der Waals surface area contributed by atoms with Crippen molar-refractivity contribution in [3.05, 3.63) is 79.1 Å². The average molecular weight is 299 g/mol. The maximum atomic E-state index is 4.33. The fraction of sp³-hybridized carbons (Fsp3) is 0.100. The van der Waals surface area contributed by atoms with Crippen LogP contribution >= 0.6 is 0 Å². The predicted octanol–water partition coefficient (Wildman–Crippen LogP) is 3.90. The average Bonchev–Trinajstić information content (AvgIpc) is 2.63. The molecule has 0 saturated carbocycles. The summed E-state index contributed by atoms with van der Waals surface area (Å²) < 4.78 is 0. The van der Waals surface area contributed by atoms with Crippen molar-refractivity contribution in [2.75, 3.05) is 11.9 Å². The van der Waals surface area contributed by atoms with Crippen LogP contribution in [0, 0.1) is 17.8 Å². The first-order chi connectivity index (χ1) is 11.4. The van der Waals surface area contributed by atoms with Gasteiger partial charge in [0, 0.05) is 17.5 Å². The van der Waals surface area contributed by atoms with Gasteiger partial charge >= 0.3 is 0 Å². The summed E-state index contributed by atoms with van der Waals surface area (Å²) in [5.74, 6) is 7.27. The Morgan fingerprint density at radius 2 is 1.83 bits per heavy atom. The summed E-state index contributed by atoms with van der Waals surface area (Å²) in [6, 6.07) is 17.9. The summed E-state index contributed by atoms with van der Waals surface area (Å²) >= 11 is 0. The summed E-state index contributed by atoms with van der Waals surface area (Å²) in [7, 11) is 0. The Hall–Kier alpha value is -3.12. The number of rotatable bonds is 4. The van der Waals surface area contributed by atoms with Crippen LogP contribution in [-0.4, -0.2) is 16.5 Å². The highest BCUT2D eigenvalue weighted by molar-refractivity contribution is 5.88. The number of nitrogens with one attached hydrogen (secondary N) is 1. The zero-order valence-corrected chi connectivity index (χ0v) is 12.7. The van der Waals surface area contributed by atoms with Gasteiger partial charge in [0.1, 0.15) is 12.1 Å². The van der Waals surface area contributed by atoms with Crippen LogP contribution < -0.4 is 5.32 Å². The van der Waals surface area contributed by atoms with Crippen LogP contribution in [0.5, 0.6) is 0 Å². The molecule has 23 heavy (non-hydrogen) atoms. The molecular weight excluding hydrogens is 282 g/mol. The maximum Gasteiger partial charge on any atom is 0.137 e. The lowest BCUT2D eigenvalue weighted by Crippen LogP contribution is -2.12. The van der Waals surface area contributed by atoms with Crippen LogP contribution in [0.2, 0.25) is 0 Å². The van der Waals surface area contributed by atoms with Gasteiger partial charge in [0.25, 0.3) is 0 Å². The normalized spacial score (nSPS) is 11.3. The lowest BCUT2D eigenvalue weighted by Gasteiger charge is -2.10. The van der Waals surface area contributed by atoms with Gasteiger partial charge in [-0.25, -0.2) is 9.97 Å². The Morgan fingerprint density at radius 3 is 2.65 bits per heavy atom. The Balaban J connectivity index is 1.73. The fourth-order valence-corrected chi connectivity index (χ4v) is 2.24. The third kappa shape index (κ3) is 3.75. The molecule has 0 aliphatic carbocycles. The summed E-state index contributed by atoms with van der Waals surface area (Å²) in [5, 5.41) is 4.36. The van der Waals surface area contributed by atoms with E-state index in [0.717, 1.165) is 22.3 Å². The number of para-hydroxylation sites is 1. The second-order valence-corrected chi connectivity index (χ2v) is 5.10. The molecule has 3 heteroatoms. The van der Waals surface area contributed by atoms with Crippen LogP contribution in [0.15, 0.2) is 73.6 Å².